The minimum atomic E-state index is 0.160. The van der Waals surface area contributed by atoms with Crippen LogP contribution in [0.3, 0.4) is 0 Å². The van der Waals surface area contributed by atoms with Crippen molar-refractivity contribution in [3.63, 3.8) is 0 Å². The van der Waals surface area contributed by atoms with Crippen LogP contribution in [-0.4, -0.2) is 24.8 Å². The molecule has 5 heteroatoms. The first kappa shape index (κ1) is 15.4. The third-order valence-corrected chi connectivity index (χ3v) is 4.21. The number of anilines is 2. The molecule has 1 aromatic heterocycles. The predicted octanol–water partition coefficient (Wildman–Crippen LogP) is 3.05. The zero-order chi connectivity index (χ0) is 15.1. The number of nitrogens with zero attached hydrogens (tertiary/aromatic N) is 2. The monoisotopic (exact) mass is 301 g/mol. The van der Waals surface area contributed by atoms with Crippen LogP contribution < -0.4 is 10.2 Å². The summed E-state index contributed by atoms with van der Waals surface area (Å²) < 4.78 is 0. The molecule has 1 aromatic carbocycles. The van der Waals surface area contributed by atoms with E-state index in [1.54, 1.807) is 0 Å². The van der Waals surface area contributed by atoms with Gasteiger partial charge in [-0.3, -0.25) is 0 Å². The molecule has 0 saturated heterocycles. The SMILES string of the molecule is CCN(CCO)c1ccc(NCc2ccc(C#N)s2)cc1. The van der Waals surface area contributed by atoms with Gasteiger partial charge in [0.15, 0.2) is 0 Å². The first-order valence-electron chi connectivity index (χ1n) is 6.95. The van der Waals surface area contributed by atoms with Gasteiger partial charge in [0.2, 0.25) is 0 Å². The first-order chi connectivity index (χ1) is 10.3. The zero-order valence-electron chi connectivity index (χ0n) is 12.0. The minimum absolute atomic E-state index is 0.160. The molecule has 0 radical (unpaired) electrons. The lowest BCUT2D eigenvalue weighted by molar-refractivity contribution is 0.302. The van der Waals surface area contributed by atoms with Crippen molar-refractivity contribution in [3.8, 4) is 6.07 Å². The molecule has 0 saturated carbocycles. The molecule has 4 nitrogen and oxygen atoms in total. The third kappa shape index (κ3) is 4.22. The van der Waals surface area contributed by atoms with E-state index in [4.69, 9.17) is 10.4 Å². The van der Waals surface area contributed by atoms with Crippen LogP contribution in [0.4, 0.5) is 11.4 Å². The number of thiophene rings is 1. The number of aliphatic hydroxyl groups excluding tert-OH is 1. The van der Waals surface area contributed by atoms with Crippen molar-refractivity contribution in [1.82, 2.24) is 0 Å². The fourth-order valence-electron chi connectivity index (χ4n) is 2.10. The van der Waals surface area contributed by atoms with E-state index in [-0.39, 0.29) is 6.61 Å². The van der Waals surface area contributed by atoms with E-state index in [1.165, 1.54) is 11.3 Å². The second-order valence-corrected chi connectivity index (χ2v) is 5.75. The fraction of sp³-hybridized carbons (Fsp3) is 0.312. The summed E-state index contributed by atoms with van der Waals surface area (Å²) >= 11 is 1.51. The van der Waals surface area contributed by atoms with Crippen LogP contribution in [0.1, 0.15) is 16.7 Å². The first-order valence-corrected chi connectivity index (χ1v) is 7.77. The van der Waals surface area contributed by atoms with Crippen LogP contribution in [0.15, 0.2) is 36.4 Å². The lowest BCUT2D eigenvalue weighted by Gasteiger charge is -2.22. The maximum atomic E-state index is 9.04. The van der Waals surface area contributed by atoms with Crippen LogP contribution in [0.5, 0.6) is 0 Å². The van der Waals surface area contributed by atoms with Crippen molar-refractivity contribution in [2.75, 3.05) is 29.9 Å². The van der Waals surface area contributed by atoms with Crippen molar-refractivity contribution in [2.24, 2.45) is 0 Å². The van der Waals surface area contributed by atoms with Crippen LogP contribution in [0, 0.1) is 11.3 Å². The molecular weight excluding hydrogens is 282 g/mol. The maximum Gasteiger partial charge on any atom is 0.110 e. The summed E-state index contributed by atoms with van der Waals surface area (Å²) in [5, 5.41) is 21.2. The Bertz CT molecular complexity index is 601. The molecule has 110 valence electrons. The van der Waals surface area contributed by atoms with Crippen molar-refractivity contribution < 1.29 is 5.11 Å². The fourth-order valence-corrected chi connectivity index (χ4v) is 2.85. The number of rotatable bonds is 7. The molecule has 0 aliphatic carbocycles. The Morgan fingerprint density at radius 2 is 2.00 bits per heavy atom. The molecule has 0 atom stereocenters. The highest BCUT2D eigenvalue weighted by atomic mass is 32.1. The standard InChI is InChI=1S/C16H19N3OS/c1-2-19(9-10-20)14-5-3-13(4-6-14)18-12-16-8-7-15(11-17)21-16/h3-8,18,20H,2,9-10,12H2,1H3. The largest absolute Gasteiger partial charge is 0.395 e. The van der Waals surface area contributed by atoms with Gasteiger partial charge in [0, 0.05) is 35.9 Å². The summed E-state index contributed by atoms with van der Waals surface area (Å²) in [5.74, 6) is 0. The molecule has 1 heterocycles. The van der Waals surface area contributed by atoms with Gasteiger partial charge >= 0.3 is 0 Å². The molecule has 21 heavy (non-hydrogen) atoms. The van der Waals surface area contributed by atoms with Crippen molar-refractivity contribution in [2.45, 2.75) is 13.5 Å². The molecule has 0 unspecified atom stereocenters. The van der Waals surface area contributed by atoms with Gasteiger partial charge in [0.05, 0.1) is 6.61 Å². The van der Waals surface area contributed by atoms with E-state index in [1.807, 2.05) is 24.3 Å². The molecule has 0 aliphatic heterocycles. The highest BCUT2D eigenvalue weighted by molar-refractivity contribution is 7.12. The third-order valence-electron chi connectivity index (χ3n) is 3.22. The van der Waals surface area contributed by atoms with Crippen molar-refractivity contribution in [1.29, 1.82) is 5.26 Å². The molecule has 0 fully saturated rings. The Hall–Kier alpha value is -2.03. The number of benzene rings is 1. The average molecular weight is 301 g/mol. The molecule has 0 aliphatic rings. The van der Waals surface area contributed by atoms with Gasteiger partial charge in [-0.05, 0) is 43.3 Å². The lowest BCUT2D eigenvalue weighted by atomic mass is 10.2. The van der Waals surface area contributed by atoms with Gasteiger partial charge in [0.25, 0.3) is 0 Å². The second-order valence-electron chi connectivity index (χ2n) is 4.58. The number of aliphatic hydroxyl groups is 1. The maximum absolute atomic E-state index is 9.04. The summed E-state index contributed by atoms with van der Waals surface area (Å²) in [6.07, 6.45) is 0. The minimum Gasteiger partial charge on any atom is -0.395 e. The Balaban J connectivity index is 1.94. The van der Waals surface area contributed by atoms with Crippen molar-refractivity contribution >= 4 is 22.7 Å². The van der Waals surface area contributed by atoms with E-state index in [9.17, 15) is 0 Å². The molecule has 0 amide bonds. The molecule has 2 rings (SSSR count). The zero-order valence-corrected chi connectivity index (χ0v) is 12.9. The van der Waals surface area contributed by atoms with Crippen LogP contribution >= 0.6 is 11.3 Å². The summed E-state index contributed by atoms with van der Waals surface area (Å²) in [4.78, 5) is 4.01. The lowest BCUT2D eigenvalue weighted by Crippen LogP contribution is -2.25. The van der Waals surface area contributed by atoms with E-state index in [0.29, 0.717) is 6.54 Å². The Labute approximate surface area is 129 Å². The summed E-state index contributed by atoms with van der Waals surface area (Å²) in [6.45, 7) is 4.48. The van der Waals surface area contributed by atoms with Crippen molar-refractivity contribution in [3.05, 3.63) is 46.2 Å². The van der Waals surface area contributed by atoms with E-state index in [2.05, 4.69) is 35.3 Å². The average Bonchev–Trinajstić information content (AvgIpc) is 2.99. The number of nitriles is 1. The number of hydrogen-bond donors (Lipinski definition) is 2. The Morgan fingerprint density at radius 1 is 1.24 bits per heavy atom. The predicted molar refractivity (Wildman–Crippen MR) is 87.8 cm³/mol. The Morgan fingerprint density at radius 3 is 2.57 bits per heavy atom. The molecule has 0 spiro atoms. The molecular formula is C16H19N3OS. The number of likely N-dealkylation sites (N-methyl/N-ethyl adjacent to an activating group) is 1. The summed E-state index contributed by atoms with van der Waals surface area (Å²) in [5.41, 5.74) is 2.16. The van der Waals surface area contributed by atoms with Crippen LogP contribution in [0.25, 0.3) is 0 Å². The van der Waals surface area contributed by atoms with E-state index in [0.717, 1.165) is 34.2 Å². The summed E-state index contributed by atoms with van der Waals surface area (Å²) in [6, 6.07) is 14.1. The van der Waals surface area contributed by atoms with Crippen LogP contribution in [-0.2, 0) is 6.54 Å². The number of nitrogens with one attached hydrogen (secondary N) is 1. The summed E-state index contributed by atoms with van der Waals surface area (Å²) in [7, 11) is 0. The van der Waals surface area contributed by atoms with Gasteiger partial charge in [-0.25, -0.2) is 0 Å². The normalized spacial score (nSPS) is 10.1. The molecule has 0 bridgehead atoms. The Kier molecular flexibility index (Phi) is 5.61. The second kappa shape index (κ2) is 7.67. The smallest absolute Gasteiger partial charge is 0.110 e. The highest BCUT2D eigenvalue weighted by Gasteiger charge is 2.03. The van der Waals surface area contributed by atoms with Crippen LogP contribution in [0.2, 0.25) is 0 Å². The highest BCUT2D eigenvalue weighted by Crippen LogP contribution is 2.20. The van der Waals surface area contributed by atoms with Gasteiger partial charge in [-0.15, -0.1) is 11.3 Å². The number of hydrogen-bond acceptors (Lipinski definition) is 5. The molecule has 2 aromatic rings. The van der Waals surface area contributed by atoms with E-state index >= 15 is 0 Å². The van der Waals surface area contributed by atoms with Gasteiger partial charge in [-0.1, -0.05) is 0 Å². The van der Waals surface area contributed by atoms with Gasteiger partial charge < -0.3 is 15.3 Å². The quantitative estimate of drug-likeness (QED) is 0.825. The van der Waals surface area contributed by atoms with Gasteiger partial charge in [-0.2, -0.15) is 5.26 Å². The topological polar surface area (TPSA) is 59.3 Å². The van der Waals surface area contributed by atoms with E-state index < -0.39 is 0 Å². The molecule has 2 N–H and O–H groups in total. The van der Waals surface area contributed by atoms with Gasteiger partial charge in [0.1, 0.15) is 10.9 Å².